The molecule has 1 saturated carbocycles. The molecule has 9 nitrogen and oxygen atoms in total. The van der Waals surface area contributed by atoms with Gasteiger partial charge in [0.2, 0.25) is 5.91 Å². The van der Waals surface area contributed by atoms with Gasteiger partial charge in [-0.15, -0.1) is 0 Å². The Morgan fingerprint density at radius 2 is 1.77 bits per heavy atom. The topological polar surface area (TPSA) is 118 Å². The number of nitrogens with one attached hydrogen (secondary N) is 2. The Morgan fingerprint density at radius 1 is 1.03 bits per heavy atom. The van der Waals surface area contributed by atoms with Crippen molar-refractivity contribution in [3.8, 4) is 0 Å². The van der Waals surface area contributed by atoms with Crippen molar-refractivity contribution in [3.63, 3.8) is 0 Å². The minimum absolute atomic E-state index is 0.0366. The monoisotopic (exact) mass is 430 g/mol. The molecular formula is C22H30N4O5. The Morgan fingerprint density at radius 3 is 2.45 bits per heavy atom. The largest absolute Gasteiger partial charge is 0.454 e. The molecule has 9 heteroatoms. The molecule has 2 fully saturated rings. The number of carbonyl (C=O) groups is 4. The molecule has 1 aliphatic heterocycles. The predicted molar refractivity (Wildman–Crippen MR) is 112 cm³/mol. The maximum absolute atomic E-state index is 12.6. The molecule has 2 heterocycles. The second kappa shape index (κ2) is 11.4. The van der Waals surface area contributed by atoms with Gasteiger partial charge in [0.05, 0.1) is 0 Å². The molecule has 0 unspecified atom stereocenters. The maximum Gasteiger partial charge on any atom is 0.325 e. The van der Waals surface area contributed by atoms with Gasteiger partial charge in [0, 0.05) is 31.2 Å². The molecular weight excluding hydrogens is 400 g/mol. The molecule has 2 N–H and O–H groups in total. The molecule has 3 rings (SSSR count). The number of esters is 1. The van der Waals surface area contributed by atoms with Crippen LogP contribution in [-0.2, 0) is 19.1 Å². The molecule has 0 radical (unpaired) electrons. The van der Waals surface area contributed by atoms with Crippen LogP contribution in [0.2, 0.25) is 0 Å². The summed E-state index contributed by atoms with van der Waals surface area (Å²) in [7, 11) is 0. The quantitative estimate of drug-likeness (QED) is 0.624. The van der Waals surface area contributed by atoms with Gasteiger partial charge in [0.15, 0.2) is 6.61 Å². The zero-order chi connectivity index (χ0) is 22.1. The van der Waals surface area contributed by atoms with Crippen molar-refractivity contribution in [3.05, 3.63) is 30.1 Å². The fraction of sp³-hybridized carbons (Fsp3) is 0.591. The molecule has 31 heavy (non-hydrogen) atoms. The summed E-state index contributed by atoms with van der Waals surface area (Å²) >= 11 is 0. The number of carbonyl (C=O) groups excluding carboxylic acids is 4. The third-order valence-electron chi connectivity index (χ3n) is 5.78. The summed E-state index contributed by atoms with van der Waals surface area (Å²) in [5.41, 5.74) is 0.196. The SMILES string of the molecule is O=C(COC(=O)CNC(=O)c1ccccn1)NC1CCN(C(=O)C2CCCCC2)CC1. The lowest BCUT2D eigenvalue weighted by Gasteiger charge is -2.35. The van der Waals surface area contributed by atoms with Gasteiger partial charge in [0.1, 0.15) is 12.2 Å². The van der Waals surface area contributed by atoms with Crippen LogP contribution in [0.5, 0.6) is 0 Å². The van der Waals surface area contributed by atoms with Crippen LogP contribution >= 0.6 is 0 Å². The van der Waals surface area contributed by atoms with Gasteiger partial charge < -0.3 is 20.3 Å². The van der Waals surface area contributed by atoms with E-state index in [1.54, 1.807) is 12.1 Å². The normalized spacial score (nSPS) is 17.6. The van der Waals surface area contributed by atoms with Gasteiger partial charge in [-0.1, -0.05) is 25.3 Å². The number of nitrogens with zero attached hydrogens (tertiary/aromatic N) is 2. The van der Waals surface area contributed by atoms with Crippen molar-refractivity contribution in [2.75, 3.05) is 26.2 Å². The number of aromatic nitrogens is 1. The van der Waals surface area contributed by atoms with E-state index in [0.29, 0.717) is 25.9 Å². The number of amides is 3. The van der Waals surface area contributed by atoms with Crippen LogP contribution in [0.15, 0.2) is 24.4 Å². The first-order valence-corrected chi connectivity index (χ1v) is 11.0. The lowest BCUT2D eigenvalue weighted by atomic mass is 9.87. The number of rotatable bonds is 7. The van der Waals surface area contributed by atoms with Gasteiger partial charge >= 0.3 is 5.97 Å². The van der Waals surface area contributed by atoms with Gasteiger partial charge in [-0.25, -0.2) is 0 Å². The Hall–Kier alpha value is -2.97. The summed E-state index contributed by atoms with van der Waals surface area (Å²) in [5.74, 6) is -1.16. The Balaban J connectivity index is 1.30. The number of hydrogen-bond acceptors (Lipinski definition) is 6. The maximum atomic E-state index is 12.6. The molecule has 1 aromatic heterocycles. The molecule has 3 amide bonds. The summed E-state index contributed by atoms with van der Waals surface area (Å²) in [6.07, 6.45) is 8.33. The van der Waals surface area contributed by atoms with Crippen molar-refractivity contribution in [2.45, 2.75) is 51.0 Å². The average molecular weight is 431 g/mol. The fourth-order valence-corrected chi connectivity index (χ4v) is 4.06. The number of piperidine rings is 1. The summed E-state index contributed by atoms with van der Waals surface area (Å²) in [5, 5.41) is 5.25. The van der Waals surface area contributed by atoms with Crippen molar-refractivity contribution in [1.82, 2.24) is 20.5 Å². The van der Waals surface area contributed by atoms with Crippen molar-refractivity contribution >= 4 is 23.7 Å². The van der Waals surface area contributed by atoms with Gasteiger partial charge in [-0.2, -0.15) is 0 Å². The minimum Gasteiger partial charge on any atom is -0.454 e. The molecule has 168 valence electrons. The highest BCUT2D eigenvalue weighted by Gasteiger charge is 2.29. The van der Waals surface area contributed by atoms with Crippen LogP contribution in [-0.4, -0.2) is 65.9 Å². The number of hydrogen-bond donors (Lipinski definition) is 2. The first-order valence-electron chi connectivity index (χ1n) is 11.0. The Kier molecular flexibility index (Phi) is 8.37. The van der Waals surface area contributed by atoms with E-state index in [-0.39, 0.29) is 36.0 Å². The highest BCUT2D eigenvalue weighted by molar-refractivity contribution is 5.94. The second-order valence-electron chi connectivity index (χ2n) is 8.06. The van der Waals surface area contributed by atoms with E-state index >= 15 is 0 Å². The Bertz CT molecular complexity index is 771. The third-order valence-corrected chi connectivity index (χ3v) is 5.78. The van der Waals surface area contributed by atoms with E-state index in [9.17, 15) is 19.2 Å². The van der Waals surface area contributed by atoms with Crippen molar-refractivity contribution in [1.29, 1.82) is 0 Å². The summed E-state index contributed by atoms with van der Waals surface area (Å²) in [4.78, 5) is 54.1. The molecule has 0 atom stereocenters. The van der Waals surface area contributed by atoms with E-state index in [1.807, 2.05) is 4.90 Å². The zero-order valence-electron chi connectivity index (χ0n) is 17.7. The van der Waals surface area contributed by atoms with Crippen LogP contribution < -0.4 is 10.6 Å². The average Bonchev–Trinajstić information content (AvgIpc) is 2.82. The fourth-order valence-electron chi connectivity index (χ4n) is 4.06. The smallest absolute Gasteiger partial charge is 0.325 e. The highest BCUT2D eigenvalue weighted by Crippen LogP contribution is 2.26. The number of pyridine rings is 1. The van der Waals surface area contributed by atoms with Gasteiger partial charge in [0.25, 0.3) is 11.8 Å². The molecule has 1 aliphatic carbocycles. The summed E-state index contributed by atoms with van der Waals surface area (Å²) < 4.78 is 4.92. The third kappa shape index (κ3) is 7.04. The first kappa shape index (κ1) is 22.7. The van der Waals surface area contributed by atoms with Gasteiger partial charge in [-0.3, -0.25) is 24.2 Å². The minimum atomic E-state index is -0.702. The zero-order valence-corrected chi connectivity index (χ0v) is 17.7. The Labute approximate surface area is 181 Å². The van der Waals surface area contributed by atoms with Crippen LogP contribution in [0.4, 0.5) is 0 Å². The molecule has 2 aliphatic rings. The van der Waals surface area contributed by atoms with E-state index in [4.69, 9.17) is 4.74 Å². The van der Waals surface area contributed by atoms with E-state index in [0.717, 1.165) is 25.7 Å². The molecule has 1 saturated heterocycles. The predicted octanol–water partition coefficient (Wildman–Crippen LogP) is 1.04. The molecule has 1 aromatic rings. The van der Waals surface area contributed by atoms with Crippen molar-refractivity contribution < 1.29 is 23.9 Å². The molecule has 0 spiro atoms. The first-order chi connectivity index (χ1) is 15.0. The van der Waals surface area contributed by atoms with Gasteiger partial charge in [-0.05, 0) is 37.8 Å². The lowest BCUT2D eigenvalue weighted by Crippen LogP contribution is -2.49. The second-order valence-corrected chi connectivity index (χ2v) is 8.06. The van der Waals surface area contributed by atoms with Crippen molar-refractivity contribution in [2.24, 2.45) is 5.92 Å². The van der Waals surface area contributed by atoms with Crippen LogP contribution in [0.3, 0.4) is 0 Å². The van der Waals surface area contributed by atoms with Crippen LogP contribution in [0, 0.1) is 5.92 Å². The molecule has 0 aromatic carbocycles. The molecule has 0 bridgehead atoms. The summed E-state index contributed by atoms with van der Waals surface area (Å²) in [6, 6.07) is 4.84. The van der Waals surface area contributed by atoms with E-state index in [2.05, 4.69) is 15.6 Å². The number of ether oxygens (including phenoxy) is 1. The van der Waals surface area contributed by atoms with Crippen LogP contribution in [0.1, 0.15) is 55.4 Å². The lowest BCUT2D eigenvalue weighted by molar-refractivity contribution is -0.148. The standard InChI is InChI=1S/C22H30N4O5/c27-19(15-31-20(28)14-24-21(29)18-8-4-5-11-23-18)25-17-9-12-26(13-10-17)22(30)16-6-2-1-3-7-16/h4-5,8,11,16-17H,1-3,6-7,9-10,12-15H2,(H,24,29)(H,25,27). The summed E-state index contributed by atoms with van der Waals surface area (Å²) in [6.45, 7) is 0.531. The number of likely N-dealkylation sites (tertiary alicyclic amines) is 1. The highest BCUT2D eigenvalue weighted by atomic mass is 16.5. The van der Waals surface area contributed by atoms with E-state index in [1.165, 1.54) is 18.7 Å². The van der Waals surface area contributed by atoms with Crippen LogP contribution in [0.25, 0.3) is 0 Å². The van der Waals surface area contributed by atoms with E-state index < -0.39 is 18.5 Å².